The van der Waals surface area contributed by atoms with E-state index in [4.69, 9.17) is 0 Å². The van der Waals surface area contributed by atoms with Crippen molar-refractivity contribution in [3.05, 3.63) is 119 Å². The van der Waals surface area contributed by atoms with Crippen LogP contribution in [0.25, 0.3) is 21.9 Å². The summed E-state index contributed by atoms with van der Waals surface area (Å²) in [4.78, 5) is 0. The average Bonchev–Trinajstić information content (AvgIpc) is 2.80. The molecule has 0 bridgehead atoms. The first-order chi connectivity index (χ1) is 16.3. The van der Waals surface area contributed by atoms with Crippen LogP contribution in [0.2, 0.25) is 0 Å². The summed E-state index contributed by atoms with van der Waals surface area (Å²) in [5, 5.41) is -0.0129. The van der Waals surface area contributed by atoms with Gasteiger partial charge in [0.05, 0.1) is 11.1 Å². The summed E-state index contributed by atoms with van der Waals surface area (Å²) in [6.45, 7) is 3.58. The van der Waals surface area contributed by atoms with Crippen LogP contribution in [0.15, 0.2) is 67.3 Å². The number of halogens is 6. The second kappa shape index (κ2) is 9.48. The third-order valence-corrected chi connectivity index (χ3v) is 5.31. The van der Waals surface area contributed by atoms with E-state index in [9.17, 15) is 26.3 Å². The normalized spacial score (nSPS) is 10.8. The minimum absolute atomic E-state index is 0.0204. The molecule has 0 N–H and O–H groups in total. The SMILES string of the molecule is C=CCCc1cc(F)c(-c2ccc(C#Cc3ccc4c(F)c(F)c(F)cc4c3)c(F)c2)c(F)c1. The fraction of sp³-hybridized carbons (Fsp3) is 0.0714. The zero-order chi connectivity index (χ0) is 24.4. The molecule has 4 aromatic rings. The lowest BCUT2D eigenvalue weighted by Crippen LogP contribution is -1.96. The van der Waals surface area contributed by atoms with Crippen molar-refractivity contribution in [2.45, 2.75) is 12.8 Å². The Kier molecular flexibility index (Phi) is 6.47. The number of rotatable bonds is 4. The molecule has 4 rings (SSSR count). The summed E-state index contributed by atoms with van der Waals surface area (Å²) in [5.74, 6) is -1.32. The number of benzene rings is 4. The first kappa shape index (κ1) is 23.2. The summed E-state index contributed by atoms with van der Waals surface area (Å²) < 4.78 is 84.5. The van der Waals surface area contributed by atoms with Gasteiger partial charge in [0.25, 0.3) is 0 Å². The molecule has 4 aromatic carbocycles. The topological polar surface area (TPSA) is 0 Å². The highest BCUT2D eigenvalue weighted by Gasteiger charge is 2.15. The van der Waals surface area contributed by atoms with E-state index in [1.54, 1.807) is 6.08 Å². The van der Waals surface area contributed by atoms with Crippen LogP contribution in [0.4, 0.5) is 26.3 Å². The summed E-state index contributed by atoms with van der Waals surface area (Å²) in [7, 11) is 0. The van der Waals surface area contributed by atoms with Gasteiger partial charge in [-0.1, -0.05) is 30.0 Å². The van der Waals surface area contributed by atoms with E-state index >= 15 is 0 Å². The first-order valence-electron chi connectivity index (χ1n) is 10.3. The number of hydrogen-bond acceptors (Lipinski definition) is 0. The van der Waals surface area contributed by atoms with E-state index in [0.717, 1.165) is 12.1 Å². The predicted molar refractivity (Wildman–Crippen MR) is 120 cm³/mol. The van der Waals surface area contributed by atoms with Gasteiger partial charge in [-0.05, 0) is 71.8 Å². The molecule has 0 saturated heterocycles. The molecule has 0 aliphatic carbocycles. The molecule has 0 amide bonds. The van der Waals surface area contributed by atoms with E-state index in [-0.39, 0.29) is 27.5 Å². The van der Waals surface area contributed by atoms with E-state index in [1.807, 2.05) is 0 Å². The average molecular weight is 466 g/mol. The monoisotopic (exact) mass is 466 g/mol. The van der Waals surface area contributed by atoms with E-state index in [1.165, 1.54) is 42.5 Å². The van der Waals surface area contributed by atoms with Gasteiger partial charge in [0.1, 0.15) is 17.5 Å². The van der Waals surface area contributed by atoms with Crippen LogP contribution < -0.4 is 0 Å². The zero-order valence-electron chi connectivity index (χ0n) is 17.7. The van der Waals surface area contributed by atoms with Gasteiger partial charge >= 0.3 is 0 Å². The van der Waals surface area contributed by atoms with Gasteiger partial charge in [-0.3, -0.25) is 0 Å². The van der Waals surface area contributed by atoms with Gasteiger partial charge in [0.2, 0.25) is 0 Å². The standard InChI is InChI=1S/C28H16F6/c1-2-3-4-17-12-23(30)26(24(31)13-17)19-9-8-18(22(29)14-19)7-5-16-6-10-21-20(11-16)15-25(32)28(34)27(21)33/h2,6,8-15H,1,3-4H2. The van der Waals surface area contributed by atoms with Crippen LogP contribution in [-0.4, -0.2) is 0 Å². The number of fused-ring (bicyclic) bond motifs is 1. The summed E-state index contributed by atoms with van der Waals surface area (Å²) in [6, 6.07) is 10.9. The van der Waals surface area contributed by atoms with Gasteiger partial charge in [-0.15, -0.1) is 6.58 Å². The Balaban J connectivity index is 1.65. The molecular weight excluding hydrogens is 450 g/mol. The Morgan fingerprint density at radius 3 is 2.12 bits per heavy atom. The van der Waals surface area contributed by atoms with E-state index in [0.29, 0.717) is 24.0 Å². The molecule has 0 aromatic heterocycles. The molecule has 170 valence electrons. The Bertz CT molecular complexity index is 1470. The van der Waals surface area contributed by atoms with Gasteiger partial charge in [0, 0.05) is 10.9 Å². The van der Waals surface area contributed by atoms with Crippen molar-refractivity contribution in [3.63, 3.8) is 0 Å². The molecule has 0 aliphatic rings. The Labute approximate surface area is 192 Å². The lowest BCUT2D eigenvalue weighted by molar-refractivity contribution is 0.453. The molecule has 0 heterocycles. The fourth-order valence-electron chi connectivity index (χ4n) is 3.61. The molecule has 6 heteroatoms. The largest absolute Gasteiger partial charge is 0.206 e. The first-order valence-corrected chi connectivity index (χ1v) is 10.3. The number of aryl methyl sites for hydroxylation is 1. The Morgan fingerprint density at radius 1 is 0.706 bits per heavy atom. The van der Waals surface area contributed by atoms with Crippen molar-refractivity contribution in [3.8, 4) is 23.0 Å². The molecule has 0 unspecified atom stereocenters. The summed E-state index contributed by atoms with van der Waals surface area (Å²) in [5.41, 5.74) is 0.426. The molecule has 34 heavy (non-hydrogen) atoms. The molecule has 0 fully saturated rings. The lowest BCUT2D eigenvalue weighted by Gasteiger charge is -2.09. The second-order valence-electron chi connectivity index (χ2n) is 7.63. The maximum atomic E-state index is 14.7. The number of allylic oxidation sites excluding steroid dienone is 1. The van der Waals surface area contributed by atoms with Gasteiger partial charge in [-0.25, -0.2) is 26.3 Å². The van der Waals surface area contributed by atoms with Crippen molar-refractivity contribution in [2.24, 2.45) is 0 Å². The van der Waals surface area contributed by atoms with Crippen LogP contribution in [0.3, 0.4) is 0 Å². The molecule has 0 atom stereocenters. The minimum atomic E-state index is -1.56. The van der Waals surface area contributed by atoms with Crippen LogP contribution >= 0.6 is 0 Å². The molecular formula is C28H16F6. The molecule has 0 saturated carbocycles. The highest BCUT2D eigenvalue weighted by molar-refractivity contribution is 5.84. The summed E-state index contributed by atoms with van der Waals surface area (Å²) in [6.07, 6.45) is 2.65. The lowest BCUT2D eigenvalue weighted by atomic mass is 9.99. The van der Waals surface area contributed by atoms with E-state index in [2.05, 4.69) is 18.4 Å². The third-order valence-electron chi connectivity index (χ3n) is 5.31. The van der Waals surface area contributed by atoms with Crippen LogP contribution in [0.5, 0.6) is 0 Å². The van der Waals surface area contributed by atoms with Crippen LogP contribution in [0, 0.1) is 46.7 Å². The van der Waals surface area contributed by atoms with Gasteiger partial charge in [-0.2, -0.15) is 0 Å². The number of hydrogen-bond donors (Lipinski definition) is 0. The quantitative estimate of drug-likeness (QED) is 0.124. The maximum absolute atomic E-state index is 14.7. The Hall–Kier alpha value is -3.98. The van der Waals surface area contributed by atoms with Crippen molar-refractivity contribution in [1.82, 2.24) is 0 Å². The van der Waals surface area contributed by atoms with Gasteiger partial charge in [0.15, 0.2) is 17.5 Å². The molecule has 0 nitrogen and oxygen atoms in total. The van der Waals surface area contributed by atoms with E-state index < -0.39 is 34.9 Å². The van der Waals surface area contributed by atoms with Crippen molar-refractivity contribution in [2.75, 3.05) is 0 Å². The van der Waals surface area contributed by atoms with Crippen molar-refractivity contribution in [1.29, 1.82) is 0 Å². The summed E-state index contributed by atoms with van der Waals surface area (Å²) >= 11 is 0. The molecule has 0 spiro atoms. The van der Waals surface area contributed by atoms with Crippen LogP contribution in [0.1, 0.15) is 23.1 Å². The van der Waals surface area contributed by atoms with Crippen molar-refractivity contribution >= 4 is 10.8 Å². The second-order valence-corrected chi connectivity index (χ2v) is 7.63. The smallest absolute Gasteiger partial charge is 0.195 e. The predicted octanol–water partition coefficient (Wildman–Crippen LogP) is 7.86. The van der Waals surface area contributed by atoms with Gasteiger partial charge < -0.3 is 0 Å². The minimum Gasteiger partial charge on any atom is -0.206 e. The van der Waals surface area contributed by atoms with Crippen LogP contribution in [-0.2, 0) is 6.42 Å². The Morgan fingerprint density at radius 2 is 1.44 bits per heavy atom. The van der Waals surface area contributed by atoms with Crippen molar-refractivity contribution < 1.29 is 26.3 Å². The highest BCUT2D eigenvalue weighted by Crippen LogP contribution is 2.29. The highest BCUT2D eigenvalue weighted by atomic mass is 19.2. The zero-order valence-corrected chi connectivity index (χ0v) is 17.7. The maximum Gasteiger partial charge on any atom is 0.195 e. The molecule has 0 radical (unpaired) electrons. The fourth-order valence-corrected chi connectivity index (χ4v) is 3.61. The third kappa shape index (κ3) is 4.55. The molecule has 0 aliphatic heterocycles.